The van der Waals surface area contributed by atoms with Gasteiger partial charge in [0.25, 0.3) is 0 Å². The van der Waals surface area contributed by atoms with Gasteiger partial charge in [-0.25, -0.2) is 21.2 Å². The van der Waals surface area contributed by atoms with Crippen LogP contribution in [0.15, 0.2) is 58.3 Å². The van der Waals surface area contributed by atoms with Crippen LogP contribution in [0.2, 0.25) is 0 Å². The number of amides is 1. The largest absolute Gasteiger partial charge is 0.326 e. The fraction of sp³-hybridized carbons (Fsp3) is 0.409. The fourth-order valence-electron chi connectivity index (χ4n) is 4.16. The van der Waals surface area contributed by atoms with Gasteiger partial charge in [-0.3, -0.25) is 4.79 Å². The van der Waals surface area contributed by atoms with Crippen LogP contribution in [-0.2, 0) is 24.8 Å². The Morgan fingerprint density at radius 3 is 1.91 bits per heavy atom. The first kappa shape index (κ1) is 23.8. The zero-order chi connectivity index (χ0) is 23.6. The van der Waals surface area contributed by atoms with E-state index in [0.29, 0.717) is 31.6 Å². The minimum atomic E-state index is -3.83. The van der Waals surface area contributed by atoms with Crippen LogP contribution in [0.1, 0.15) is 25.7 Å². The van der Waals surface area contributed by atoms with Gasteiger partial charge in [-0.2, -0.15) is 8.61 Å². The number of carbonyl (C=O) groups excluding carboxylic acids is 1. The summed E-state index contributed by atoms with van der Waals surface area (Å²) in [4.78, 5) is 13.0. The van der Waals surface area contributed by atoms with Crippen LogP contribution < -0.4 is 5.32 Å². The average Bonchev–Trinajstić information content (AvgIpc) is 3.36. The maximum absolute atomic E-state index is 13.2. The Morgan fingerprint density at radius 1 is 0.788 bits per heavy atom. The highest BCUT2D eigenvalue weighted by Gasteiger charge is 2.33. The summed E-state index contributed by atoms with van der Waals surface area (Å²) in [6.45, 7) is 1.33. The standard InChI is InChI=1S/C22H26FN3O5S2/c23-18-5-9-20(10-6-18)33(30,31)26-15-3-4-17(16-26)22(27)24-19-7-11-21(12-8-19)32(28,29)25-13-1-2-14-25/h5-12,17H,1-4,13-16H2,(H,24,27)/t17-/m0/s1. The molecule has 2 aliphatic heterocycles. The minimum Gasteiger partial charge on any atom is -0.326 e. The number of hydrogen-bond donors (Lipinski definition) is 1. The van der Waals surface area contributed by atoms with Gasteiger partial charge in [0.05, 0.1) is 15.7 Å². The molecule has 2 fully saturated rings. The van der Waals surface area contributed by atoms with Crippen LogP contribution >= 0.6 is 0 Å². The van der Waals surface area contributed by atoms with Crippen molar-refractivity contribution in [2.45, 2.75) is 35.5 Å². The second-order valence-corrected chi connectivity index (χ2v) is 12.2. The van der Waals surface area contributed by atoms with E-state index in [2.05, 4.69) is 5.32 Å². The lowest BCUT2D eigenvalue weighted by Gasteiger charge is -2.31. The van der Waals surface area contributed by atoms with Crippen molar-refractivity contribution < 1.29 is 26.0 Å². The number of hydrogen-bond acceptors (Lipinski definition) is 5. The molecule has 178 valence electrons. The first-order valence-electron chi connectivity index (χ1n) is 10.8. The summed E-state index contributed by atoms with van der Waals surface area (Å²) in [6.07, 6.45) is 2.75. The highest BCUT2D eigenvalue weighted by atomic mass is 32.2. The third-order valence-electron chi connectivity index (χ3n) is 6.03. The van der Waals surface area contributed by atoms with E-state index in [1.54, 1.807) is 0 Å². The quantitative estimate of drug-likeness (QED) is 0.664. The molecule has 1 N–H and O–H groups in total. The van der Waals surface area contributed by atoms with E-state index in [0.717, 1.165) is 25.0 Å². The Morgan fingerprint density at radius 2 is 1.30 bits per heavy atom. The van der Waals surface area contributed by atoms with Gasteiger partial charge in [0.2, 0.25) is 26.0 Å². The summed E-state index contributed by atoms with van der Waals surface area (Å²) < 4.78 is 66.9. The van der Waals surface area contributed by atoms with Crippen molar-refractivity contribution in [1.29, 1.82) is 0 Å². The molecule has 2 aromatic rings. The number of piperidine rings is 1. The van der Waals surface area contributed by atoms with E-state index in [-0.39, 0.29) is 28.8 Å². The summed E-state index contributed by atoms with van der Waals surface area (Å²) >= 11 is 0. The van der Waals surface area contributed by atoms with Crippen LogP contribution in [0.25, 0.3) is 0 Å². The van der Waals surface area contributed by atoms with Crippen molar-refractivity contribution in [3.8, 4) is 0 Å². The normalized spacial score (nSPS) is 20.6. The molecule has 0 aliphatic carbocycles. The SMILES string of the molecule is O=C(Nc1ccc(S(=O)(=O)N2CCCC2)cc1)[C@H]1CCCN(S(=O)(=O)c2ccc(F)cc2)C1. The summed E-state index contributed by atoms with van der Waals surface area (Å²) in [5.41, 5.74) is 0.443. The van der Waals surface area contributed by atoms with Crippen molar-refractivity contribution in [3.63, 3.8) is 0 Å². The fourth-order valence-corrected chi connectivity index (χ4v) is 7.20. The number of benzene rings is 2. The molecule has 2 heterocycles. The number of halogens is 1. The van der Waals surface area contributed by atoms with Crippen LogP contribution in [0.3, 0.4) is 0 Å². The zero-order valence-corrected chi connectivity index (χ0v) is 19.6. The Bertz CT molecular complexity index is 1210. The molecule has 0 radical (unpaired) electrons. The third kappa shape index (κ3) is 5.11. The molecule has 0 spiro atoms. The highest BCUT2D eigenvalue weighted by Crippen LogP contribution is 2.26. The van der Waals surface area contributed by atoms with E-state index >= 15 is 0 Å². The number of nitrogens with zero attached hydrogens (tertiary/aromatic N) is 2. The summed E-state index contributed by atoms with van der Waals surface area (Å²) in [7, 11) is -7.37. The molecular formula is C22H26FN3O5S2. The van der Waals surface area contributed by atoms with E-state index in [1.165, 1.54) is 45.0 Å². The van der Waals surface area contributed by atoms with Gasteiger partial charge in [-0.05, 0) is 74.2 Å². The second kappa shape index (κ2) is 9.49. The van der Waals surface area contributed by atoms with Gasteiger partial charge in [-0.15, -0.1) is 0 Å². The zero-order valence-electron chi connectivity index (χ0n) is 18.0. The molecule has 2 aromatic carbocycles. The summed E-state index contributed by atoms with van der Waals surface area (Å²) in [6, 6.07) is 10.6. The predicted octanol–water partition coefficient (Wildman–Crippen LogP) is 2.65. The van der Waals surface area contributed by atoms with E-state index in [1.807, 2.05) is 0 Å². The Balaban J connectivity index is 1.41. The lowest BCUT2D eigenvalue weighted by molar-refractivity contribution is -0.120. The molecule has 0 saturated carbocycles. The maximum atomic E-state index is 13.2. The first-order valence-corrected chi connectivity index (χ1v) is 13.7. The smallest absolute Gasteiger partial charge is 0.243 e. The van der Waals surface area contributed by atoms with E-state index < -0.39 is 31.8 Å². The van der Waals surface area contributed by atoms with Gasteiger partial charge in [0.1, 0.15) is 5.82 Å². The van der Waals surface area contributed by atoms with Crippen molar-refractivity contribution in [3.05, 3.63) is 54.3 Å². The molecule has 0 aromatic heterocycles. The Hall–Kier alpha value is -2.34. The topological polar surface area (TPSA) is 104 Å². The van der Waals surface area contributed by atoms with Crippen molar-refractivity contribution >= 4 is 31.6 Å². The molecule has 2 saturated heterocycles. The van der Waals surface area contributed by atoms with Crippen LogP contribution in [0.4, 0.5) is 10.1 Å². The monoisotopic (exact) mass is 495 g/mol. The number of rotatable bonds is 6. The molecule has 0 bridgehead atoms. The molecule has 33 heavy (non-hydrogen) atoms. The van der Waals surface area contributed by atoms with Crippen LogP contribution in [0, 0.1) is 11.7 Å². The van der Waals surface area contributed by atoms with Crippen molar-refractivity contribution in [2.24, 2.45) is 5.92 Å². The molecule has 2 aliphatic rings. The molecule has 11 heteroatoms. The highest BCUT2D eigenvalue weighted by molar-refractivity contribution is 7.89. The average molecular weight is 496 g/mol. The van der Waals surface area contributed by atoms with Gasteiger partial charge in [0, 0.05) is 31.9 Å². The van der Waals surface area contributed by atoms with Gasteiger partial charge in [-0.1, -0.05) is 0 Å². The lowest BCUT2D eigenvalue weighted by atomic mass is 9.99. The third-order valence-corrected chi connectivity index (χ3v) is 9.82. The molecule has 8 nitrogen and oxygen atoms in total. The van der Waals surface area contributed by atoms with Gasteiger partial charge >= 0.3 is 0 Å². The predicted molar refractivity (Wildman–Crippen MR) is 121 cm³/mol. The molecule has 4 rings (SSSR count). The number of anilines is 1. The molecule has 1 atom stereocenters. The molecular weight excluding hydrogens is 469 g/mol. The second-order valence-electron chi connectivity index (χ2n) is 8.28. The van der Waals surface area contributed by atoms with E-state index in [4.69, 9.17) is 0 Å². The molecule has 0 unspecified atom stereocenters. The van der Waals surface area contributed by atoms with Gasteiger partial charge in [0.15, 0.2) is 0 Å². The van der Waals surface area contributed by atoms with Crippen LogP contribution in [0.5, 0.6) is 0 Å². The Labute approximate surface area is 193 Å². The Kier molecular flexibility index (Phi) is 6.85. The summed E-state index contributed by atoms with van der Waals surface area (Å²) in [5, 5.41) is 2.76. The number of sulfonamides is 2. The number of carbonyl (C=O) groups is 1. The van der Waals surface area contributed by atoms with Crippen LogP contribution in [-0.4, -0.2) is 57.5 Å². The van der Waals surface area contributed by atoms with Gasteiger partial charge < -0.3 is 5.32 Å². The summed E-state index contributed by atoms with van der Waals surface area (Å²) in [5.74, 6) is -1.41. The number of nitrogens with one attached hydrogen (secondary N) is 1. The van der Waals surface area contributed by atoms with E-state index in [9.17, 15) is 26.0 Å². The van der Waals surface area contributed by atoms with Crippen molar-refractivity contribution in [2.75, 3.05) is 31.5 Å². The first-order chi connectivity index (χ1) is 15.7. The maximum Gasteiger partial charge on any atom is 0.243 e. The van der Waals surface area contributed by atoms with Crippen molar-refractivity contribution in [1.82, 2.24) is 8.61 Å². The molecule has 1 amide bonds. The lowest BCUT2D eigenvalue weighted by Crippen LogP contribution is -2.43. The minimum absolute atomic E-state index is 0.0141.